The van der Waals surface area contributed by atoms with Gasteiger partial charge in [-0.05, 0) is 39.5 Å². The molecule has 0 atom stereocenters. The molecule has 0 bridgehead atoms. The molecule has 1 aromatic heterocycles. The number of aromatic nitrogens is 2. The number of anilines is 2. The van der Waals surface area contributed by atoms with E-state index in [1.165, 1.54) is 12.8 Å². The van der Waals surface area contributed by atoms with E-state index in [4.69, 9.17) is 0 Å². The summed E-state index contributed by atoms with van der Waals surface area (Å²) in [5.74, 6) is 2.93. The SMILES string of the molecule is CCNc1ncnc(N(CC)CC2CC2)c1C. The highest BCUT2D eigenvalue weighted by atomic mass is 15.2. The summed E-state index contributed by atoms with van der Waals surface area (Å²) in [5, 5.41) is 3.29. The summed E-state index contributed by atoms with van der Waals surface area (Å²) in [6.45, 7) is 9.43. The van der Waals surface area contributed by atoms with Gasteiger partial charge in [0.15, 0.2) is 0 Å². The van der Waals surface area contributed by atoms with Crippen molar-refractivity contribution >= 4 is 11.6 Å². The Labute approximate surface area is 103 Å². The summed E-state index contributed by atoms with van der Waals surface area (Å²) in [7, 11) is 0. The van der Waals surface area contributed by atoms with E-state index in [0.29, 0.717) is 0 Å². The second-order valence-corrected chi connectivity index (χ2v) is 4.68. The van der Waals surface area contributed by atoms with E-state index < -0.39 is 0 Å². The molecule has 0 aliphatic heterocycles. The number of hydrogen-bond donors (Lipinski definition) is 1. The summed E-state index contributed by atoms with van der Waals surface area (Å²) < 4.78 is 0. The molecule has 4 heteroatoms. The Bertz CT molecular complexity index is 374. The first-order valence-corrected chi connectivity index (χ1v) is 6.56. The molecule has 2 rings (SSSR count). The van der Waals surface area contributed by atoms with Gasteiger partial charge in [-0.15, -0.1) is 0 Å². The Balaban J connectivity index is 2.19. The van der Waals surface area contributed by atoms with Gasteiger partial charge in [0.05, 0.1) is 0 Å². The minimum absolute atomic E-state index is 0.881. The number of nitrogens with one attached hydrogen (secondary N) is 1. The summed E-state index contributed by atoms with van der Waals surface area (Å²) in [4.78, 5) is 11.1. The molecule has 0 unspecified atom stereocenters. The van der Waals surface area contributed by atoms with Crippen LogP contribution >= 0.6 is 0 Å². The monoisotopic (exact) mass is 234 g/mol. The predicted octanol–water partition coefficient (Wildman–Crippen LogP) is 2.45. The Morgan fingerprint density at radius 1 is 1.35 bits per heavy atom. The zero-order chi connectivity index (χ0) is 12.3. The van der Waals surface area contributed by atoms with E-state index in [1.54, 1.807) is 6.33 Å². The van der Waals surface area contributed by atoms with Gasteiger partial charge >= 0.3 is 0 Å². The van der Waals surface area contributed by atoms with Crippen LogP contribution in [0.2, 0.25) is 0 Å². The van der Waals surface area contributed by atoms with Crippen molar-refractivity contribution in [2.24, 2.45) is 5.92 Å². The van der Waals surface area contributed by atoms with Crippen LogP contribution in [-0.4, -0.2) is 29.6 Å². The lowest BCUT2D eigenvalue weighted by atomic mass is 10.2. The van der Waals surface area contributed by atoms with Crippen molar-refractivity contribution in [2.45, 2.75) is 33.6 Å². The maximum Gasteiger partial charge on any atom is 0.137 e. The van der Waals surface area contributed by atoms with Crippen LogP contribution in [0.5, 0.6) is 0 Å². The zero-order valence-electron chi connectivity index (χ0n) is 11.0. The molecule has 1 aromatic rings. The van der Waals surface area contributed by atoms with Crippen molar-refractivity contribution < 1.29 is 0 Å². The summed E-state index contributed by atoms with van der Waals surface area (Å²) in [5.41, 5.74) is 1.16. The van der Waals surface area contributed by atoms with Crippen LogP contribution in [0.25, 0.3) is 0 Å². The third-order valence-electron chi connectivity index (χ3n) is 3.26. The molecule has 1 fully saturated rings. The quantitative estimate of drug-likeness (QED) is 0.821. The highest BCUT2D eigenvalue weighted by molar-refractivity contribution is 5.57. The molecule has 0 spiro atoms. The third-order valence-corrected chi connectivity index (χ3v) is 3.26. The molecule has 1 aliphatic carbocycles. The van der Waals surface area contributed by atoms with Gasteiger partial charge in [0.25, 0.3) is 0 Å². The summed E-state index contributed by atoms with van der Waals surface area (Å²) >= 11 is 0. The first-order chi connectivity index (χ1) is 8.26. The third kappa shape index (κ3) is 2.87. The fraction of sp³-hybridized carbons (Fsp3) is 0.692. The largest absolute Gasteiger partial charge is 0.370 e. The molecule has 1 N–H and O–H groups in total. The lowest BCUT2D eigenvalue weighted by molar-refractivity contribution is 0.728. The van der Waals surface area contributed by atoms with E-state index in [9.17, 15) is 0 Å². The van der Waals surface area contributed by atoms with E-state index in [2.05, 4.69) is 41.0 Å². The zero-order valence-corrected chi connectivity index (χ0v) is 11.0. The fourth-order valence-electron chi connectivity index (χ4n) is 2.08. The van der Waals surface area contributed by atoms with Gasteiger partial charge < -0.3 is 10.2 Å². The highest BCUT2D eigenvalue weighted by Crippen LogP contribution is 2.32. The minimum Gasteiger partial charge on any atom is -0.370 e. The summed E-state index contributed by atoms with van der Waals surface area (Å²) in [6, 6.07) is 0. The van der Waals surface area contributed by atoms with E-state index in [0.717, 1.165) is 42.8 Å². The number of nitrogens with zero attached hydrogens (tertiary/aromatic N) is 3. The Morgan fingerprint density at radius 3 is 2.71 bits per heavy atom. The molecule has 1 aliphatic rings. The minimum atomic E-state index is 0.881. The number of hydrogen-bond acceptors (Lipinski definition) is 4. The molecule has 1 heterocycles. The van der Waals surface area contributed by atoms with Crippen LogP contribution in [0.1, 0.15) is 32.3 Å². The normalized spacial score (nSPS) is 14.8. The number of rotatable bonds is 6. The first-order valence-electron chi connectivity index (χ1n) is 6.56. The van der Waals surface area contributed by atoms with Gasteiger partial charge in [-0.2, -0.15) is 0 Å². The van der Waals surface area contributed by atoms with Crippen molar-refractivity contribution in [1.29, 1.82) is 0 Å². The van der Waals surface area contributed by atoms with Crippen LogP contribution < -0.4 is 10.2 Å². The van der Waals surface area contributed by atoms with Gasteiger partial charge in [-0.25, -0.2) is 9.97 Å². The van der Waals surface area contributed by atoms with Gasteiger partial charge in [0.2, 0.25) is 0 Å². The molecule has 4 nitrogen and oxygen atoms in total. The molecule has 1 saturated carbocycles. The van der Waals surface area contributed by atoms with E-state index in [-0.39, 0.29) is 0 Å². The predicted molar refractivity (Wildman–Crippen MR) is 71.5 cm³/mol. The molecular formula is C13H22N4. The molecule has 0 saturated heterocycles. The Kier molecular flexibility index (Phi) is 3.82. The van der Waals surface area contributed by atoms with Crippen LogP contribution in [0.3, 0.4) is 0 Å². The van der Waals surface area contributed by atoms with Crippen LogP contribution in [0.4, 0.5) is 11.6 Å². The van der Waals surface area contributed by atoms with Crippen molar-refractivity contribution in [2.75, 3.05) is 29.9 Å². The maximum atomic E-state index is 4.45. The molecule has 94 valence electrons. The molecule has 0 amide bonds. The Hall–Kier alpha value is -1.32. The average molecular weight is 234 g/mol. The second-order valence-electron chi connectivity index (χ2n) is 4.68. The summed E-state index contributed by atoms with van der Waals surface area (Å²) in [6.07, 6.45) is 4.41. The van der Waals surface area contributed by atoms with Gasteiger partial charge in [-0.1, -0.05) is 0 Å². The van der Waals surface area contributed by atoms with Crippen molar-refractivity contribution in [3.05, 3.63) is 11.9 Å². The molecule has 0 radical (unpaired) electrons. The smallest absolute Gasteiger partial charge is 0.137 e. The fourth-order valence-corrected chi connectivity index (χ4v) is 2.08. The lowest BCUT2D eigenvalue weighted by Gasteiger charge is -2.24. The van der Waals surface area contributed by atoms with Crippen LogP contribution in [-0.2, 0) is 0 Å². The van der Waals surface area contributed by atoms with E-state index >= 15 is 0 Å². The first kappa shape index (κ1) is 12.1. The standard InChI is InChI=1S/C13H22N4/c1-4-14-12-10(3)13(16-9-15-12)17(5-2)8-11-6-7-11/h9,11H,4-8H2,1-3H3,(H,14,15,16). The maximum absolute atomic E-state index is 4.45. The van der Waals surface area contributed by atoms with Gasteiger partial charge in [0.1, 0.15) is 18.0 Å². The molecule has 17 heavy (non-hydrogen) atoms. The average Bonchev–Trinajstić information content (AvgIpc) is 3.13. The van der Waals surface area contributed by atoms with Crippen molar-refractivity contribution in [3.63, 3.8) is 0 Å². The van der Waals surface area contributed by atoms with E-state index in [1.807, 2.05) is 0 Å². The second kappa shape index (κ2) is 5.34. The Morgan fingerprint density at radius 2 is 2.12 bits per heavy atom. The van der Waals surface area contributed by atoms with Crippen LogP contribution in [0.15, 0.2) is 6.33 Å². The highest BCUT2D eigenvalue weighted by Gasteiger charge is 2.25. The lowest BCUT2D eigenvalue weighted by Crippen LogP contribution is -2.27. The molecule has 0 aromatic carbocycles. The van der Waals surface area contributed by atoms with Gasteiger partial charge in [0, 0.05) is 25.2 Å². The van der Waals surface area contributed by atoms with Crippen LogP contribution in [0, 0.1) is 12.8 Å². The molecular weight excluding hydrogens is 212 g/mol. The van der Waals surface area contributed by atoms with Crippen molar-refractivity contribution in [3.8, 4) is 0 Å². The van der Waals surface area contributed by atoms with Gasteiger partial charge in [-0.3, -0.25) is 0 Å². The topological polar surface area (TPSA) is 41.1 Å². The van der Waals surface area contributed by atoms with Crippen molar-refractivity contribution in [1.82, 2.24) is 9.97 Å².